The molecule has 6 aromatic heterocycles. The van der Waals surface area contributed by atoms with Crippen molar-refractivity contribution in [3.05, 3.63) is 125 Å². The summed E-state index contributed by atoms with van der Waals surface area (Å²) in [7, 11) is 0. The van der Waals surface area contributed by atoms with Crippen molar-refractivity contribution in [2.45, 2.75) is 84.7 Å². The van der Waals surface area contributed by atoms with Gasteiger partial charge in [-0.15, -0.1) is 0 Å². The highest BCUT2D eigenvalue weighted by Gasteiger charge is 2.26. The standard InChI is InChI=1S/C28H29N7O3.C26H25N5O2.C2H5NO/c1-3-29-28(36)35-15-5-7-19(16-35)31-26-23-22(13-14-30-25(23)33-34-26)37-20-11-9-18(10-12-20)27-32-21-8-4-6-17(2)24(21)38-27;1-16-6-5-9-20-23(16)33-26(29-20)17-10-12-19(13-11-17)32-21-14-15-27-24-22(21)25(31-30-24)28-18-7-3-2-4-8-18;1-2-3-4/h4,6,8-14,19H,3,5,7,15-16H2,1-2H3,(H,29,36)(H2,30,31,33,34);5-6,9-15,18H,2-4,7-8H2,1H3,(H2,27,28,30,31);2H2,1H3/t19-;;/m1../s1. The first kappa shape index (κ1) is 49.7. The second kappa shape index (κ2) is 22.9. The van der Waals surface area contributed by atoms with Gasteiger partial charge in [-0.25, -0.2) is 24.7 Å². The van der Waals surface area contributed by atoms with Crippen LogP contribution in [-0.4, -0.2) is 89.5 Å². The summed E-state index contributed by atoms with van der Waals surface area (Å²) in [5, 5.41) is 29.1. The quantitative estimate of drug-likeness (QED) is 0.0716. The molecule has 2 amide bonds. The summed E-state index contributed by atoms with van der Waals surface area (Å²) >= 11 is 0. The largest absolute Gasteiger partial charge is 0.456 e. The van der Waals surface area contributed by atoms with Crippen LogP contribution in [0.3, 0.4) is 0 Å². The molecule has 0 bridgehead atoms. The van der Waals surface area contributed by atoms with Crippen molar-refractivity contribution in [2.24, 2.45) is 5.18 Å². The number of ether oxygens (including phenoxy) is 2. The van der Waals surface area contributed by atoms with Gasteiger partial charge in [-0.2, -0.15) is 15.1 Å². The molecule has 0 spiro atoms. The number of nitrogens with zero attached hydrogens (tertiary/aromatic N) is 8. The number of carbonyl (C=O) groups excluding carboxylic acids is 1. The van der Waals surface area contributed by atoms with Gasteiger partial charge in [-0.3, -0.25) is 10.2 Å². The lowest BCUT2D eigenvalue weighted by Crippen LogP contribution is -2.49. The van der Waals surface area contributed by atoms with E-state index in [1.807, 2.05) is 123 Å². The first-order valence-corrected chi connectivity index (χ1v) is 25.5. The van der Waals surface area contributed by atoms with Crippen LogP contribution in [0, 0.1) is 18.8 Å². The van der Waals surface area contributed by atoms with E-state index in [1.165, 1.54) is 32.1 Å². The summed E-state index contributed by atoms with van der Waals surface area (Å²) in [6, 6.07) is 31.5. The number of aryl methyl sites for hydroxylation is 2. The number of hydrogen-bond acceptors (Lipinski definition) is 15. The highest BCUT2D eigenvalue weighted by molar-refractivity contribution is 5.94. The lowest BCUT2D eigenvalue weighted by molar-refractivity contribution is 0.183. The number of oxazole rings is 2. The maximum Gasteiger partial charge on any atom is 0.317 e. The van der Waals surface area contributed by atoms with Gasteiger partial charge in [-0.1, -0.05) is 48.7 Å². The van der Waals surface area contributed by atoms with Crippen molar-refractivity contribution >= 4 is 61.9 Å². The molecule has 19 nitrogen and oxygen atoms in total. The number of para-hydroxylation sites is 2. The van der Waals surface area contributed by atoms with Crippen molar-refractivity contribution < 1.29 is 23.1 Å². The molecule has 0 unspecified atom stereocenters. The fourth-order valence-corrected chi connectivity index (χ4v) is 9.41. The van der Waals surface area contributed by atoms with Gasteiger partial charge in [0.25, 0.3) is 0 Å². The third-order valence-corrected chi connectivity index (χ3v) is 13.2. The maximum absolute atomic E-state index is 12.3. The fraction of sp³-hybridized carbons (Fsp3) is 0.304. The minimum Gasteiger partial charge on any atom is -0.456 e. The van der Waals surface area contributed by atoms with Crippen LogP contribution >= 0.6 is 0 Å². The van der Waals surface area contributed by atoms with Gasteiger partial charge in [-0.05, 0) is 125 Å². The number of aromatic nitrogens is 8. The molecule has 2 aliphatic rings. The van der Waals surface area contributed by atoms with E-state index >= 15 is 0 Å². The molecule has 4 aromatic carbocycles. The van der Waals surface area contributed by atoms with E-state index < -0.39 is 0 Å². The number of nitrogens with one attached hydrogen (secondary N) is 5. The monoisotopic (exact) mass is 1010 g/mol. The van der Waals surface area contributed by atoms with Gasteiger partial charge < -0.3 is 39.2 Å². The molecule has 12 rings (SSSR count). The minimum atomic E-state index is -0.0343. The average Bonchev–Trinajstić information content (AvgIpc) is 4.27. The lowest BCUT2D eigenvalue weighted by Gasteiger charge is -2.33. The number of anilines is 2. The Morgan fingerprint density at radius 3 is 1.64 bits per heavy atom. The summed E-state index contributed by atoms with van der Waals surface area (Å²) in [6.45, 7) is 10.0. The predicted molar refractivity (Wildman–Crippen MR) is 290 cm³/mol. The number of piperidine rings is 1. The van der Waals surface area contributed by atoms with Gasteiger partial charge >= 0.3 is 6.03 Å². The molecule has 1 saturated carbocycles. The summed E-state index contributed by atoms with van der Waals surface area (Å²) in [4.78, 5) is 41.2. The zero-order chi connectivity index (χ0) is 51.7. The zero-order valence-corrected chi connectivity index (χ0v) is 42.4. The van der Waals surface area contributed by atoms with Crippen molar-refractivity contribution in [2.75, 3.05) is 36.8 Å². The molecule has 1 saturated heterocycles. The lowest BCUT2D eigenvalue weighted by atomic mass is 9.95. The molecule has 7 heterocycles. The Labute approximate surface area is 432 Å². The first-order valence-electron chi connectivity index (χ1n) is 25.5. The Morgan fingerprint density at radius 1 is 0.667 bits per heavy atom. The molecule has 5 N–H and O–H groups in total. The Hall–Kier alpha value is -8.87. The molecule has 1 atom stereocenters. The fourth-order valence-electron chi connectivity index (χ4n) is 9.41. The molecule has 19 heteroatoms. The van der Waals surface area contributed by atoms with E-state index in [1.54, 1.807) is 19.3 Å². The maximum atomic E-state index is 12.3. The van der Waals surface area contributed by atoms with Crippen LogP contribution in [0.1, 0.15) is 69.9 Å². The summed E-state index contributed by atoms with van der Waals surface area (Å²) in [5.74, 6) is 5.38. The number of urea groups is 1. The Bertz CT molecular complexity index is 3540. The third kappa shape index (κ3) is 11.4. The van der Waals surface area contributed by atoms with Crippen molar-refractivity contribution in [1.29, 1.82) is 0 Å². The van der Waals surface area contributed by atoms with Gasteiger partial charge in [0, 0.05) is 67.4 Å². The van der Waals surface area contributed by atoms with E-state index in [-0.39, 0.29) is 12.1 Å². The number of H-pyrrole nitrogens is 2. The van der Waals surface area contributed by atoms with Crippen LogP contribution < -0.4 is 25.4 Å². The molecular weight excluding hydrogens is 951 g/mol. The summed E-state index contributed by atoms with van der Waals surface area (Å²) in [5.41, 5.74) is 8.56. The predicted octanol–water partition coefficient (Wildman–Crippen LogP) is 12.9. The number of rotatable bonds is 12. The Kier molecular flexibility index (Phi) is 15.2. The molecule has 75 heavy (non-hydrogen) atoms. The molecule has 10 aromatic rings. The SMILES string of the molecule is CCN=O.CCNC(=O)N1CCC[C@@H](Nc2n[nH]c3nccc(Oc4ccc(-c5nc6cccc(C)c6o5)cc4)c23)C1.Cc1cccc2nc(-c3ccc(Oc4ccnc5[nH]nc(NC6CCCCC6)c45)cc3)oc12. The summed E-state index contributed by atoms with van der Waals surface area (Å²) in [6.07, 6.45) is 11.4. The average molecular weight is 1010 g/mol. The van der Waals surface area contributed by atoms with E-state index in [0.29, 0.717) is 66.1 Å². The highest BCUT2D eigenvalue weighted by atomic mass is 16.5. The molecule has 2 fully saturated rings. The number of hydrogen-bond donors (Lipinski definition) is 5. The molecule has 0 radical (unpaired) electrons. The highest BCUT2D eigenvalue weighted by Crippen LogP contribution is 2.37. The van der Waals surface area contributed by atoms with Crippen LogP contribution in [0.15, 0.2) is 123 Å². The van der Waals surface area contributed by atoms with Crippen molar-refractivity contribution in [3.8, 4) is 45.9 Å². The minimum absolute atomic E-state index is 0.0343. The number of pyridine rings is 2. The third-order valence-electron chi connectivity index (χ3n) is 13.2. The van der Waals surface area contributed by atoms with Crippen LogP contribution in [0.4, 0.5) is 16.4 Å². The van der Waals surface area contributed by atoms with Crippen molar-refractivity contribution in [3.63, 3.8) is 0 Å². The van der Waals surface area contributed by atoms with Crippen LogP contribution in [0.2, 0.25) is 0 Å². The van der Waals surface area contributed by atoms with E-state index in [4.69, 9.17) is 23.2 Å². The molecule has 1 aliphatic heterocycles. The van der Waals surface area contributed by atoms with Crippen LogP contribution in [0.25, 0.3) is 67.2 Å². The van der Waals surface area contributed by atoms with Crippen molar-refractivity contribution in [1.82, 2.24) is 50.5 Å². The second-order valence-corrected chi connectivity index (χ2v) is 18.5. The van der Waals surface area contributed by atoms with Gasteiger partial charge in [0.2, 0.25) is 11.8 Å². The van der Waals surface area contributed by atoms with E-state index in [0.717, 1.165) is 91.9 Å². The zero-order valence-electron chi connectivity index (χ0n) is 42.4. The Morgan fingerprint density at radius 2 is 1.16 bits per heavy atom. The van der Waals surface area contributed by atoms with E-state index in [9.17, 15) is 4.79 Å². The topological polar surface area (TPSA) is 239 Å². The summed E-state index contributed by atoms with van der Waals surface area (Å²) < 4.78 is 24.5. The normalized spacial score (nSPS) is 14.7. The molecule has 1 aliphatic carbocycles. The molecular formula is C56H59N13O6. The van der Waals surface area contributed by atoms with Crippen LogP contribution in [-0.2, 0) is 0 Å². The van der Waals surface area contributed by atoms with Gasteiger partial charge in [0.1, 0.15) is 44.8 Å². The number of aromatic amines is 2. The van der Waals surface area contributed by atoms with Gasteiger partial charge in [0.05, 0.1) is 6.54 Å². The van der Waals surface area contributed by atoms with E-state index in [2.05, 4.69) is 61.5 Å². The Balaban J connectivity index is 0.000000161. The first-order chi connectivity index (χ1) is 36.7. The number of nitroso groups, excluding NO2 is 1. The smallest absolute Gasteiger partial charge is 0.317 e. The van der Waals surface area contributed by atoms with Gasteiger partial charge in [0.15, 0.2) is 34.1 Å². The number of likely N-dealkylation sites (tertiary alicyclic amines) is 1. The molecule has 384 valence electrons. The number of amides is 2. The number of carbonyl (C=O) groups is 1. The van der Waals surface area contributed by atoms with Crippen LogP contribution in [0.5, 0.6) is 23.0 Å². The second-order valence-electron chi connectivity index (χ2n) is 18.5. The number of fused-ring (bicyclic) bond motifs is 4. The number of benzene rings is 4.